The summed E-state index contributed by atoms with van der Waals surface area (Å²) < 4.78 is 1.05. The Labute approximate surface area is 120 Å². The fourth-order valence-electron chi connectivity index (χ4n) is 1.66. The summed E-state index contributed by atoms with van der Waals surface area (Å²) in [6.07, 6.45) is 0.569. The fraction of sp³-hybridized carbons (Fsp3) is 0.462. The van der Waals surface area contributed by atoms with Crippen molar-refractivity contribution in [3.63, 3.8) is 0 Å². The molecular weight excluding hydrogens is 314 g/mol. The lowest BCUT2D eigenvalue weighted by Gasteiger charge is -2.27. The minimum Gasteiger partial charge on any atom is -0.480 e. The van der Waals surface area contributed by atoms with Crippen LogP contribution in [0, 0.1) is 0 Å². The molecule has 5 heteroatoms. The summed E-state index contributed by atoms with van der Waals surface area (Å²) >= 11 is 5.08. The van der Waals surface area contributed by atoms with Crippen LogP contribution in [0.4, 0.5) is 0 Å². The number of halogens is 1. The highest BCUT2D eigenvalue weighted by molar-refractivity contribution is 9.10. The summed E-state index contributed by atoms with van der Waals surface area (Å²) in [5, 5.41) is 12.3. The van der Waals surface area contributed by atoms with Crippen LogP contribution >= 0.6 is 27.7 Å². The third-order valence-corrected chi connectivity index (χ3v) is 4.51. The second-order valence-corrected chi connectivity index (χ2v) is 6.90. The van der Waals surface area contributed by atoms with Gasteiger partial charge in [-0.3, -0.25) is 4.79 Å². The van der Waals surface area contributed by atoms with E-state index >= 15 is 0 Å². The largest absolute Gasteiger partial charge is 0.480 e. The Bertz CT molecular complexity index is 410. The van der Waals surface area contributed by atoms with Gasteiger partial charge in [-0.2, -0.15) is 0 Å². The first kappa shape index (κ1) is 15.5. The molecule has 0 aromatic heterocycles. The topological polar surface area (TPSA) is 49.3 Å². The van der Waals surface area contributed by atoms with Crippen molar-refractivity contribution in [2.24, 2.45) is 0 Å². The van der Waals surface area contributed by atoms with Crippen molar-refractivity contribution in [2.45, 2.75) is 36.0 Å². The first-order valence-corrected chi connectivity index (χ1v) is 7.39. The van der Waals surface area contributed by atoms with Gasteiger partial charge in [-0.05, 0) is 44.7 Å². The molecule has 0 aliphatic carbocycles. The van der Waals surface area contributed by atoms with Gasteiger partial charge in [0.25, 0.3) is 0 Å². The Kier molecular flexibility index (Phi) is 5.69. The maximum absolute atomic E-state index is 11.2. The van der Waals surface area contributed by atoms with E-state index in [2.05, 4.69) is 21.2 Å². The Morgan fingerprint density at radius 1 is 1.50 bits per heavy atom. The number of likely N-dealkylation sites (N-methyl/N-ethyl adjacent to an activating group) is 1. The Morgan fingerprint density at radius 2 is 2.06 bits per heavy atom. The van der Waals surface area contributed by atoms with Gasteiger partial charge < -0.3 is 10.4 Å². The van der Waals surface area contributed by atoms with Crippen LogP contribution in [-0.4, -0.2) is 28.9 Å². The number of carboxylic acids is 1. The normalized spacial score (nSPS) is 16.0. The quantitative estimate of drug-likeness (QED) is 0.784. The van der Waals surface area contributed by atoms with E-state index < -0.39 is 11.5 Å². The van der Waals surface area contributed by atoms with Crippen LogP contribution in [0.15, 0.2) is 33.6 Å². The predicted octanol–water partition coefficient (Wildman–Crippen LogP) is 3.38. The maximum Gasteiger partial charge on any atom is 0.323 e. The van der Waals surface area contributed by atoms with Crippen LogP contribution < -0.4 is 5.32 Å². The zero-order valence-electron chi connectivity index (χ0n) is 10.7. The van der Waals surface area contributed by atoms with Crippen LogP contribution in [0.3, 0.4) is 0 Å². The molecule has 3 nitrogen and oxygen atoms in total. The van der Waals surface area contributed by atoms with E-state index in [-0.39, 0.29) is 5.25 Å². The van der Waals surface area contributed by atoms with Crippen LogP contribution in [-0.2, 0) is 4.79 Å². The van der Waals surface area contributed by atoms with Crippen LogP contribution in [0.5, 0.6) is 0 Å². The van der Waals surface area contributed by atoms with Gasteiger partial charge in [-0.1, -0.05) is 22.9 Å². The van der Waals surface area contributed by atoms with Crippen LogP contribution in [0.1, 0.15) is 20.3 Å². The molecule has 0 spiro atoms. The Morgan fingerprint density at radius 3 is 2.50 bits per heavy atom. The van der Waals surface area contributed by atoms with Crippen molar-refractivity contribution in [2.75, 3.05) is 7.05 Å². The molecule has 2 unspecified atom stereocenters. The smallest absolute Gasteiger partial charge is 0.323 e. The van der Waals surface area contributed by atoms with E-state index in [0.29, 0.717) is 6.42 Å². The first-order chi connectivity index (χ1) is 8.37. The highest BCUT2D eigenvalue weighted by Crippen LogP contribution is 2.29. The monoisotopic (exact) mass is 331 g/mol. The highest BCUT2D eigenvalue weighted by atomic mass is 79.9. The van der Waals surface area contributed by atoms with Crippen molar-refractivity contribution in [1.82, 2.24) is 5.32 Å². The molecule has 1 aromatic rings. The van der Waals surface area contributed by atoms with Gasteiger partial charge in [-0.15, -0.1) is 11.8 Å². The SMILES string of the molecule is CNC(C)(CC(C)Sc1ccc(Br)cc1)C(=O)O. The molecule has 2 N–H and O–H groups in total. The van der Waals surface area contributed by atoms with Crippen molar-refractivity contribution >= 4 is 33.7 Å². The summed E-state index contributed by atoms with van der Waals surface area (Å²) in [6, 6.07) is 8.04. The predicted molar refractivity (Wildman–Crippen MR) is 79.2 cm³/mol. The molecule has 0 aliphatic rings. The molecule has 0 saturated heterocycles. The highest BCUT2D eigenvalue weighted by Gasteiger charge is 2.33. The molecule has 0 radical (unpaired) electrons. The van der Waals surface area contributed by atoms with E-state index in [1.807, 2.05) is 31.2 Å². The summed E-state index contributed by atoms with van der Waals surface area (Å²) in [4.78, 5) is 12.4. The molecular formula is C13H18BrNO2S. The molecule has 0 saturated carbocycles. The molecule has 0 amide bonds. The molecule has 18 heavy (non-hydrogen) atoms. The molecule has 0 aliphatic heterocycles. The maximum atomic E-state index is 11.2. The van der Waals surface area contributed by atoms with Crippen molar-refractivity contribution in [1.29, 1.82) is 0 Å². The Hall–Kier alpha value is -0.520. The van der Waals surface area contributed by atoms with E-state index in [0.717, 1.165) is 9.37 Å². The second kappa shape index (κ2) is 6.59. The van der Waals surface area contributed by atoms with Gasteiger partial charge in [-0.25, -0.2) is 0 Å². The van der Waals surface area contributed by atoms with Crippen LogP contribution in [0.2, 0.25) is 0 Å². The van der Waals surface area contributed by atoms with E-state index in [1.54, 1.807) is 25.7 Å². The lowest BCUT2D eigenvalue weighted by molar-refractivity contribution is -0.144. The summed E-state index contributed by atoms with van der Waals surface area (Å²) in [5.74, 6) is -0.812. The molecule has 0 heterocycles. The molecule has 0 fully saturated rings. The number of hydrogen-bond donors (Lipinski definition) is 2. The molecule has 2 atom stereocenters. The van der Waals surface area contributed by atoms with E-state index in [1.165, 1.54) is 0 Å². The average Bonchev–Trinajstić information content (AvgIpc) is 2.31. The van der Waals surface area contributed by atoms with Gasteiger partial charge in [0.15, 0.2) is 0 Å². The molecule has 0 bridgehead atoms. The van der Waals surface area contributed by atoms with Crippen molar-refractivity contribution in [3.05, 3.63) is 28.7 Å². The summed E-state index contributed by atoms with van der Waals surface area (Å²) in [6.45, 7) is 3.76. The van der Waals surface area contributed by atoms with Gasteiger partial charge in [0.2, 0.25) is 0 Å². The second-order valence-electron chi connectivity index (χ2n) is 4.47. The van der Waals surface area contributed by atoms with E-state index in [9.17, 15) is 9.90 Å². The minimum atomic E-state index is -0.873. The number of thioether (sulfide) groups is 1. The minimum absolute atomic E-state index is 0.222. The van der Waals surface area contributed by atoms with Crippen molar-refractivity contribution in [3.8, 4) is 0 Å². The summed E-state index contributed by atoms with van der Waals surface area (Å²) in [5.41, 5.74) is -0.873. The standard InChI is InChI=1S/C13H18BrNO2S/c1-9(8-13(2,15-3)12(16)17)18-11-6-4-10(14)5-7-11/h4-7,9,15H,8H2,1-3H3,(H,16,17). The molecule has 100 valence electrons. The number of rotatable bonds is 6. The number of benzene rings is 1. The van der Waals surface area contributed by atoms with Crippen LogP contribution in [0.25, 0.3) is 0 Å². The third kappa shape index (κ3) is 4.30. The van der Waals surface area contributed by atoms with Gasteiger partial charge in [0.1, 0.15) is 5.54 Å². The van der Waals surface area contributed by atoms with Gasteiger partial charge >= 0.3 is 5.97 Å². The Balaban J connectivity index is 2.63. The average molecular weight is 332 g/mol. The number of carboxylic acid groups (broad SMARTS) is 1. The lowest BCUT2D eigenvalue weighted by Crippen LogP contribution is -2.49. The van der Waals surface area contributed by atoms with E-state index in [4.69, 9.17) is 0 Å². The van der Waals surface area contributed by atoms with Gasteiger partial charge in [0, 0.05) is 14.6 Å². The summed E-state index contributed by atoms with van der Waals surface area (Å²) in [7, 11) is 1.69. The first-order valence-electron chi connectivity index (χ1n) is 5.72. The fourth-order valence-corrected chi connectivity index (χ4v) is 3.10. The zero-order valence-corrected chi connectivity index (χ0v) is 13.1. The number of nitrogens with one attached hydrogen (secondary N) is 1. The van der Waals surface area contributed by atoms with Crippen molar-refractivity contribution < 1.29 is 9.90 Å². The number of aliphatic carboxylic acids is 1. The number of hydrogen-bond acceptors (Lipinski definition) is 3. The lowest BCUT2D eigenvalue weighted by atomic mass is 9.96. The van der Waals surface area contributed by atoms with Gasteiger partial charge in [0.05, 0.1) is 0 Å². The molecule has 1 rings (SSSR count). The third-order valence-electron chi connectivity index (χ3n) is 2.87. The zero-order chi connectivity index (χ0) is 13.8. The molecule has 1 aromatic carbocycles. The number of carbonyl (C=O) groups is 1.